The quantitative estimate of drug-likeness (QED) is 0.888. The van der Waals surface area contributed by atoms with Crippen LogP contribution in [0, 0.1) is 5.82 Å². The third-order valence-electron chi connectivity index (χ3n) is 5.16. The van der Waals surface area contributed by atoms with Gasteiger partial charge in [0.05, 0.1) is 12.7 Å². The molecule has 3 rings (SSSR count). The Balaban J connectivity index is 1.73. The van der Waals surface area contributed by atoms with E-state index < -0.39 is 11.2 Å². The zero-order chi connectivity index (χ0) is 19.1. The summed E-state index contributed by atoms with van der Waals surface area (Å²) >= 11 is 0. The van der Waals surface area contributed by atoms with Crippen LogP contribution < -0.4 is 4.74 Å². The van der Waals surface area contributed by atoms with Gasteiger partial charge in [0.2, 0.25) is 0 Å². The second-order valence-corrected chi connectivity index (χ2v) is 8.58. The second-order valence-electron chi connectivity index (χ2n) is 8.58. The van der Waals surface area contributed by atoms with Gasteiger partial charge in [-0.25, -0.2) is 9.18 Å². The summed E-state index contributed by atoms with van der Waals surface area (Å²) in [7, 11) is 1.49. The average molecular weight is 365 g/mol. The van der Waals surface area contributed by atoms with Gasteiger partial charge in [0.1, 0.15) is 17.2 Å². The first-order valence-electron chi connectivity index (χ1n) is 9.16. The molecule has 2 atom stereocenters. The number of hydrogen-bond donors (Lipinski definition) is 1. The third-order valence-corrected chi connectivity index (χ3v) is 5.16. The molecule has 26 heavy (non-hydrogen) atoms. The summed E-state index contributed by atoms with van der Waals surface area (Å²) in [5.41, 5.74) is -0.791. The Morgan fingerprint density at radius 1 is 1.27 bits per heavy atom. The minimum absolute atomic E-state index is 0.0379. The van der Waals surface area contributed by atoms with Gasteiger partial charge in [-0.2, -0.15) is 0 Å². The molecule has 2 fully saturated rings. The number of amides is 1. The van der Waals surface area contributed by atoms with E-state index in [0.29, 0.717) is 30.6 Å². The number of aliphatic hydroxyl groups is 1. The van der Waals surface area contributed by atoms with Gasteiger partial charge in [0.15, 0.2) is 0 Å². The first kappa shape index (κ1) is 19.0. The predicted molar refractivity (Wildman–Crippen MR) is 95.7 cm³/mol. The zero-order valence-corrected chi connectivity index (χ0v) is 15.9. The maximum atomic E-state index is 13.8. The summed E-state index contributed by atoms with van der Waals surface area (Å²) in [4.78, 5) is 14.3. The largest absolute Gasteiger partial charge is 0.497 e. The molecule has 1 aromatic carbocycles. The van der Waals surface area contributed by atoms with Crippen molar-refractivity contribution in [1.29, 1.82) is 0 Å². The molecular weight excluding hydrogens is 337 g/mol. The average Bonchev–Trinajstić information content (AvgIpc) is 2.78. The molecule has 5 nitrogen and oxygen atoms in total. The topological polar surface area (TPSA) is 59.0 Å². The number of carbonyl (C=O) groups excluding carboxylic acids is 1. The van der Waals surface area contributed by atoms with Crippen molar-refractivity contribution in [2.75, 3.05) is 7.11 Å². The molecule has 0 aliphatic carbocycles. The van der Waals surface area contributed by atoms with Gasteiger partial charge in [0, 0.05) is 24.6 Å². The molecule has 1 N–H and O–H groups in total. The molecule has 2 aliphatic heterocycles. The van der Waals surface area contributed by atoms with E-state index in [-0.39, 0.29) is 24.0 Å². The SMILES string of the molecule is COc1cc(F)cc(CC2(O)CC3CCC(C2)N3C(=O)OC(C)(C)C)c1. The molecule has 2 saturated heterocycles. The molecule has 2 unspecified atom stereocenters. The van der Waals surface area contributed by atoms with E-state index in [1.165, 1.54) is 19.2 Å². The Hall–Kier alpha value is -1.82. The minimum atomic E-state index is -0.955. The van der Waals surface area contributed by atoms with Crippen molar-refractivity contribution < 1.29 is 23.8 Å². The van der Waals surface area contributed by atoms with Crippen LogP contribution in [0.2, 0.25) is 0 Å². The minimum Gasteiger partial charge on any atom is -0.497 e. The fraction of sp³-hybridized carbons (Fsp3) is 0.650. The van der Waals surface area contributed by atoms with Crippen LogP contribution in [-0.4, -0.2) is 46.5 Å². The number of carbonyl (C=O) groups is 1. The Bertz CT molecular complexity index is 671. The van der Waals surface area contributed by atoms with E-state index >= 15 is 0 Å². The highest BCUT2D eigenvalue weighted by atomic mass is 19.1. The first-order chi connectivity index (χ1) is 12.1. The lowest BCUT2D eigenvalue weighted by Gasteiger charge is -2.44. The summed E-state index contributed by atoms with van der Waals surface area (Å²) in [6.07, 6.45) is 2.70. The molecule has 1 aromatic rings. The Morgan fingerprint density at radius 3 is 2.42 bits per heavy atom. The maximum Gasteiger partial charge on any atom is 0.410 e. The van der Waals surface area contributed by atoms with Crippen LogP contribution >= 0.6 is 0 Å². The van der Waals surface area contributed by atoms with Crippen LogP contribution in [0.5, 0.6) is 5.75 Å². The molecule has 0 saturated carbocycles. The highest BCUT2D eigenvalue weighted by molar-refractivity contribution is 5.69. The standard InChI is InChI=1S/C20H28FNO4/c1-19(2,3)26-18(23)22-15-5-6-16(22)12-20(24,11-15)10-13-7-14(21)9-17(8-13)25-4/h7-9,15-16,24H,5-6,10-12H2,1-4H3. The molecule has 0 radical (unpaired) electrons. The van der Waals surface area contributed by atoms with Crippen LogP contribution in [0.15, 0.2) is 18.2 Å². The lowest BCUT2D eigenvalue weighted by atomic mass is 9.81. The normalized spacial score (nSPS) is 28.2. The first-order valence-corrected chi connectivity index (χ1v) is 9.16. The number of piperidine rings is 1. The van der Waals surface area contributed by atoms with E-state index in [1.807, 2.05) is 20.8 Å². The van der Waals surface area contributed by atoms with E-state index in [2.05, 4.69) is 0 Å². The Kier molecular flexibility index (Phi) is 4.90. The van der Waals surface area contributed by atoms with Gasteiger partial charge in [-0.3, -0.25) is 0 Å². The van der Waals surface area contributed by atoms with Gasteiger partial charge in [-0.15, -0.1) is 0 Å². The van der Waals surface area contributed by atoms with E-state index in [0.717, 1.165) is 12.8 Å². The molecule has 0 aromatic heterocycles. The van der Waals surface area contributed by atoms with Crippen molar-refractivity contribution in [3.05, 3.63) is 29.6 Å². The maximum absolute atomic E-state index is 13.8. The molecule has 0 spiro atoms. The number of ether oxygens (including phenoxy) is 2. The zero-order valence-electron chi connectivity index (χ0n) is 15.9. The van der Waals surface area contributed by atoms with Crippen LogP contribution in [0.4, 0.5) is 9.18 Å². The highest BCUT2D eigenvalue weighted by Crippen LogP contribution is 2.43. The summed E-state index contributed by atoms with van der Waals surface area (Å²) in [5, 5.41) is 11.2. The fourth-order valence-corrected chi connectivity index (χ4v) is 4.30. The van der Waals surface area contributed by atoms with Crippen LogP contribution in [0.3, 0.4) is 0 Å². The van der Waals surface area contributed by atoms with Gasteiger partial charge in [-0.1, -0.05) is 0 Å². The number of fused-ring (bicyclic) bond motifs is 2. The van der Waals surface area contributed by atoms with Gasteiger partial charge in [-0.05, 0) is 64.2 Å². The smallest absolute Gasteiger partial charge is 0.410 e. The summed E-state index contributed by atoms with van der Waals surface area (Å²) < 4.78 is 24.4. The molecule has 2 bridgehead atoms. The van der Waals surface area contributed by atoms with Crippen LogP contribution in [0.1, 0.15) is 52.0 Å². The van der Waals surface area contributed by atoms with E-state index in [4.69, 9.17) is 9.47 Å². The second kappa shape index (κ2) is 6.72. The van der Waals surface area contributed by atoms with Crippen molar-refractivity contribution in [2.45, 2.75) is 76.2 Å². The van der Waals surface area contributed by atoms with E-state index in [9.17, 15) is 14.3 Å². The van der Waals surface area contributed by atoms with E-state index in [1.54, 1.807) is 11.0 Å². The number of rotatable bonds is 3. The third kappa shape index (κ3) is 4.11. The number of benzene rings is 1. The Labute approximate surface area is 154 Å². The van der Waals surface area contributed by atoms with Crippen molar-refractivity contribution in [3.63, 3.8) is 0 Å². The van der Waals surface area contributed by atoms with Crippen molar-refractivity contribution in [3.8, 4) is 5.75 Å². The highest BCUT2D eigenvalue weighted by Gasteiger charge is 2.50. The van der Waals surface area contributed by atoms with Crippen molar-refractivity contribution in [2.24, 2.45) is 0 Å². The monoisotopic (exact) mass is 365 g/mol. The van der Waals surface area contributed by atoms with Crippen molar-refractivity contribution in [1.82, 2.24) is 4.90 Å². The molecule has 2 heterocycles. The van der Waals surface area contributed by atoms with Gasteiger partial charge >= 0.3 is 6.09 Å². The molecule has 1 amide bonds. The van der Waals surface area contributed by atoms with Crippen LogP contribution in [-0.2, 0) is 11.2 Å². The fourth-order valence-electron chi connectivity index (χ4n) is 4.30. The van der Waals surface area contributed by atoms with Crippen molar-refractivity contribution >= 4 is 6.09 Å². The molecule has 144 valence electrons. The molecular formula is C20H28FNO4. The lowest BCUT2D eigenvalue weighted by molar-refractivity contribution is -0.0579. The number of methoxy groups -OCH3 is 1. The molecule has 2 aliphatic rings. The number of nitrogens with zero attached hydrogens (tertiary/aromatic N) is 1. The predicted octanol–water partition coefficient (Wildman–Crippen LogP) is 3.67. The molecule has 6 heteroatoms. The summed E-state index contributed by atoms with van der Waals surface area (Å²) in [6, 6.07) is 4.43. The summed E-state index contributed by atoms with van der Waals surface area (Å²) in [6.45, 7) is 5.55. The number of halogens is 1. The van der Waals surface area contributed by atoms with Gasteiger partial charge in [0.25, 0.3) is 0 Å². The summed E-state index contributed by atoms with van der Waals surface area (Å²) in [5.74, 6) is 0.0647. The lowest BCUT2D eigenvalue weighted by Crippen LogP contribution is -2.54. The van der Waals surface area contributed by atoms with Crippen LogP contribution in [0.25, 0.3) is 0 Å². The number of hydrogen-bond acceptors (Lipinski definition) is 4. The Morgan fingerprint density at radius 2 is 1.88 bits per heavy atom. The van der Waals surface area contributed by atoms with Gasteiger partial charge < -0.3 is 19.5 Å².